The summed E-state index contributed by atoms with van der Waals surface area (Å²) in [6, 6.07) is 13.3. The van der Waals surface area contributed by atoms with Gasteiger partial charge in [0.15, 0.2) is 6.61 Å². The Kier molecular flexibility index (Phi) is 8.17. The molecule has 5 rings (SSSR count). The van der Waals surface area contributed by atoms with E-state index in [1.165, 1.54) is 17.1 Å². The van der Waals surface area contributed by atoms with Crippen molar-refractivity contribution in [1.82, 2.24) is 24.6 Å². The number of nitrogens with one attached hydrogen (secondary N) is 1. The van der Waals surface area contributed by atoms with Crippen molar-refractivity contribution in [3.63, 3.8) is 0 Å². The molecule has 2 aromatic carbocycles. The van der Waals surface area contributed by atoms with E-state index in [1.807, 2.05) is 64.1 Å². The third-order valence-electron chi connectivity index (χ3n) is 7.28. The molecule has 3 heterocycles. The van der Waals surface area contributed by atoms with Gasteiger partial charge in [0.1, 0.15) is 16.7 Å². The number of likely N-dealkylation sites (tertiary alicyclic amines) is 1. The molecule has 1 aliphatic rings. The molecular formula is C30H34N6O5S. The number of aryl methyl sites for hydroxylation is 5. The highest BCUT2D eigenvalue weighted by atomic mass is 32.2. The molecule has 1 aliphatic heterocycles. The van der Waals surface area contributed by atoms with Gasteiger partial charge >= 0.3 is 0 Å². The molecule has 1 atom stereocenters. The van der Waals surface area contributed by atoms with E-state index in [0.29, 0.717) is 31.0 Å². The molecular weight excluding hydrogens is 556 g/mol. The lowest BCUT2D eigenvalue weighted by Gasteiger charge is -2.18. The van der Waals surface area contributed by atoms with E-state index in [0.717, 1.165) is 27.8 Å². The number of anilines is 1. The van der Waals surface area contributed by atoms with E-state index >= 15 is 0 Å². The normalized spacial score (nSPS) is 15.1. The molecule has 0 bridgehead atoms. The second kappa shape index (κ2) is 11.8. The van der Waals surface area contributed by atoms with E-state index in [2.05, 4.69) is 19.8 Å². The summed E-state index contributed by atoms with van der Waals surface area (Å²) in [6.07, 6.45) is 2.90. The van der Waals surface area contributed by atoms with Crippen LogP contribution in [0.1, 0.15) is 28.7 Å². The summed E-state index contributed by atoms with van der Waals surface area (Å²) in [4.78, 5) is 23.5. The first-order valence-electron chi connectivity index (χ1n) is 13.6. The van der Waals surface area contributed by atoms with Crippen LogP contribution >= 0.6 is 0 Å². The molecule has 1 N–H and O–H groups in total. The van der Waals surface area contributed by atoms with Crippen LogP contribution in [-0.4, -0.2) is 64.8 Å². The lowest BCUT2D eigenvalue weighted by atomic mass is 10.00. The zero-order valence-corrected chi connectivity index (χ0v) is 25.1. The zero-order valence-electron chi connectivity index (χ0n) is 24.3. The lowest BCUT2D eigenvalue weighted by molar-refractivity contribution is -0.132. The van der Waals surface area contributed by atoms with E-state index in [9.17, 15) is 13.2 Å². The zero-order chi connectivity index (χ0) is 30.0. The van der Waals surface area contributed by atoms with Crippen molar-refractivity contribution in [2.75, 3.05) is 24.4 Å². The van der Waals surface area contributed by atoms with Crippen molar-refractivity contribution in [1.29, 1.82) is 0 Å². The number of nitrogens with zero attached hydrogens (tertiary/aromatic N) is 5. The summed E-state index contributed by atoms with van der Waals surface area (Å²) < 4.78 is 41.9. The van der Waals surface area contributed by atoms with Gasteiger partial charge in [-0.05, 0) is 62.1 Å². The number of carbonyl (C=O) groups is 1. The topological polar surface area (TPSA) is 129 Å². The van der Waals surface area contributed by atoms with Gasteiger partial charge in [0.25, 0.3) is 15.9 Å². The first-order chi connectivity index (χ1) is 20.0. The minimum atomic E-state index is -3.99. The van der Waals surface area contributed by atoms with Crippen LogP contribution in [0.15, 0.2) is 59.8 Å². The fourth-order valence-electron chi connectivity index (χ4n) is 4.86. The minimum Gasteiger partial charge on any atom is -0.484 e. The van der Waals surface area contributed by atoms with E-state index in [4.69, 9.17) is 9.47 Å². The predicted molar refractivity (Wildman–Crippen MR) is 158 cm³/mol. The Bertz CT molecular complexity index is 1720. The molecule has 220 valence electrons. The Hall–Kier alpha value is -4.45. The predicted octanol–water partition coefficient (Wildman–Crippen LogP) is 3.97. The van der Waals surface area contributed by atoms with Crippen molar-refractivity contribution in [2.24, 2.45) is 7.05 Å². The van der Waals surface area contributed by atoms with Crippen LogP contribution in [0.25, 0.3) is 11.3 Å². The van der Waals surface area contributed by atoms with Crippen molar-refractivity contribution in [3.8, 4) is 22.9 Å². The third-order valence-corrected chi connectivity index (χ3v) is 8.57. The van der Waals surface area contributed by atoms with Crippen molar-refractivity contribution >= 4 is 21.9 Å². The summed E-state index contributed by atoms with van der Waals surface area (Å²) in [5, 5.41) is 3.95. The largest absolute Gasteiger partial charge is 0.484 e. The Balaban J connectivity index is 1.34. The molecule has 0 saturated carbocycles. The lowest BCUT2D eigenvalue weighted by Crippen LogP contribution is -2.34. The van der Waals surface area contributed by atoms with Gasteiger partial charge in [-0.1, -0.05) is 24.3 Å². The molecule has 1 unspecified atom stereocenters. The van der Waals surface area contributed by atoms with E-state index < -0.39 is 10.0 Å². The highest BCUT2D eigenvalue weighted by Gasteiger charge is 2.29. The van der Waals surface area contributed by atoms with Crippen LogP contribution in [0.5, 0.6) is 11.6 Å². The van der Waals surface area contributed by atoms with Gasteiger partial charge in [-0.25, -0.2) is 18.1 Å². The van der Waals surface area contributed by atoms with Crippen LogP contribution in [-0.2, 0) is 21.9 Å². The van der Waals surface area contributed by atoms with Crippen molar-refractivity contribution in [2.45, 2.75) is 45.1 Å². The highest BCUT2D eigenvalue weighted by Crippen LogP contribution is 2.30. The van der Waals surface area contributed by atoms with Gasteiger partial charge in [0.05, 0.1) is 18.4 Å². The molecule has 12 heteroatoms. The highest BCUT2D eigenvalue weighted by molar-refractivity contribution is 7.92. The molecule has 11 nitrogen and oxygen atoms in total. The molecule has 1 amide bonds. The molecule has 0 radical (unpaired) electrons. The van der Waals surface area contributed by atoms with Crippen molar-refractivity contribution in [3.05, 3.63) is 77.1 Å². The van der Waals surface area contributed by atoms with E-state index in [-0.39, 0.29) is 35.3 Å². The minimum absolute atomic E-state index is 0.0125. The number of hydrogen-bond acceptors (Lipinski definition) is 8. The average molecular weight is 591 g/mol. The second-order valence-corrected chi connectivity index (χ2v) is 12.2. The summed E-state index contributed by atoms with van der Waals surface area (Å²) in [7, 11) is -2.36. The smallest absolute Gasteiger partial charge is 0.267 e. The number of amides is 1. The monoisotopic (exact) mass is 590 g/mol. The number of benzene rings is 2. The van der Waals surface area contributed by atoms with Crippen LogP contribution in [0.4, 0.5) is 5.95 Å². The Labute approximate surface area is 245 Å². The summed E-state index contributed by atoms with van der Waals surface area (Å²) >= 11 is 0. The Morgan fingerprint density at radius 2 is 1.79 bits per heavy atom. The molecule has 4 aromatic rings. The molecule has 2 aromatic heterocycles. The molecule has 42 heavy (non-hydrogen) atoms. The summed E-state index contributed by atoms with van der Waals surface area (Å²) in [5.74, 6) is 0.599. The van der Waals surface area contributed by atoms with Gasteiger partial charge in [-0.2, -0.15) is 10.1 Å². The standard InChI is InChI=1S/C30H34N6O5S/c1-19-9-10-23(13-22(19)4)40-18-28(37)36-12-11-24(16-36)41-27-14-26(29-20(2)7-6-8-21(29)3)32-30(33-27)34-42(38,39)25-15-31-35(5)17-25/h6-10,13-15,17,24H,11-12,16,18H2,1-5H3,(H,32,33,34). The average Bonchev–Trinajstić information content (AvgIpc) is 3.58. The molecule has 0 aliphatic carbocycles. The van der Waals surface area contributed by atoms with Crippen LogP contribution in [0, 0.1) is 27.7 Å². The maximum atomic E-state index is 13.0. The fraction of sp³-hybridized carbons (Fsp3) is 0.333. The van der Waals surface area contributed by atoms with Crippen LogP contribution in [0.2, 0.25) is 0 Å². The van der Waals surface area contributed by atoms with Gasteiger partial charge < -0.3 is 14.4 Å². The fourth-order valence-corrected chi connectivity index (χ4v) is 5.78. The SMILES string of the molecule is Cc1ccc(OCC(=O)N2CCC(Oc3cc(-c4c(C)cccc4C)nc(NS(=O)(=O)c4cnn(C)c4)n3)C2)cc1C. The first kappa shape index (κ1) is 29.1. The Morgan fingerprint density at radius 1 is 1.02 bits per heavy atom. The summed E-state index contributed by atoms with van der Waals surface area (Å²) in [6.45, 7) is 8.75. The van der Waals surface area contributed by atoms with Gasteiger partial charge in [0.2, 0.25) is 11.8 Å². The number of ether oxygens (including phenoxy) is 2. The van der Waals surface area contributed by atoms with Gasteiger partial charge in [-0.3, -0.25) is 9.48 Å². The quantitative estimate of drug-likeness (QED) is 0.310. The van der Waals surface area contributed by atoms with Gasteiger partial charge in [0, 0.05) is 37.8 Å². The first-order valence-corrected chi connectivity index (χ1v) is 15.1. The maximum absolute atomic E-state index is 13.0. The van der Waals surface area contributed by atoms with Crippen LogP contribution < -0.4 is 14.2 Å². The van der Waals surface area contributed by atoms with Gasteiger partial charge in [-0.15, -0.1) is 0 Å². The number of hydrogen-bond donors (Lipinski definition) is 1. The number of sulfonamides is 1. The third kappa shape index (κ3) is 6.54. The number of rotatable bonds is 9. The van der Waals surface area contributed by atoms with Crippen LogP contribution in [0.3, 0.4) is 0 Å². The maximum Gasteiger partial charge on any atom is 0.267 e. The molecule has 1 saturated heterocycles. The number of aromatic nitrogens is 4. The van der Waals surface area contributed by atoms with Crippen molar-refractivity contribution < 1.29 is 22.7 Å². The number of carbonyl (C=O) groups excluding carboxylic acids is 1. The Morgan fingerprint density at radius 3 is 2.48 bits per heavy atom. The molecule has 1 fully saturated rings. The molecule has 0 spiro atoms. The second-order valence-electron chi connectivity index (χ2n) is 10.5. The van der Waals surface area contributed by atoms with E-state index in [1.54, 1.807) is 18.0 Å². The summed E-state index contributed by atoms with van der Waals surface area (Å²) in [5.41, 5.74) is 5.59.